The number of carbonyl (C=O) groups excluding carboxylic acids is 1. The minimum absolute atomic E-state index is 0.0433. The summed E-state index contributed by atoms with van der Waals surface area (Å²) in [6.45, 7) is 4.25. The van der Waals surface area contributed by atoms with E-state index in [-0.39, 0.29) is 5.91 Å². The van der Waals surface area contributed by atoms with Crippen molar-refractivity contribution >= 4 is 11.6 Å². The Bertz CT molecular complexity index is 637. The molecule has 0 spiro atoms. The predicted octanol–water partition coefficient (Wildman–Crippen LogP) is 2.55. The van der Waals surface area contributed by atoms with Gasteiger partial charge in [0, 0.05) is 25.0 Å². The summed E-state index contributed by atoms with van der Waals surface area (Å²) < 4.78 is 0. The van der Waals surface area contributed by atoms with Crippen molar-refractivity contribution in [3.63, 3.8) is 0 Å². The highest BCUT2D eigenvalue weighted by Crippen LogP contribution is 2.15. The third-order valence-electron chi connectivity index (χ3n) is 3.26. The summed E-state index contributed by atoms with van der Waals surface area (Å²) in [6, 6.07) is 11.2. The van der Waals surface area contributed by atoms with E-state index in [2.05, 4.69) is 4.98 Å². The van der Waals surface area contributed by atoms with Gasteiger partial charge in [0.25, 0.3) is 5.91 Å². The molecule has 0 aliphatic heterocycles. The second-order valence-corrected chi connectivity index (χ2v) is 4.95. The molecular formula is C16H19N3O. The maximum absolute atomic E-state index is 12.4. The number of nitrogens with zero attached hydrogens (tertiary/aromatic N) is 2. The maximum Gasteiger partial charge on any atom is 0.255 e. The first-order chi connectivity index (χ1) is 9.49. The molecule has 0 saturated carbocycles. The van der Waals surface area contributed by atoms with E-state index in [4.69, 9.17) is 5.73 Å². The molecule has 4 nitrogen and oxygen atoms in total. The van der Waals surface area contributed by atoms with Crippen molar-refractivity contribution in [2.24, 2.45) is 0 Å². The van der Waals surface area contributed by atoms with Crippen LogP contribution in [0.4, 0.5) is 5.69 Å². The number of para-hydroxylation sites is 1. The molecule has 0 atom stereocenters. The van der Waals surface area contributed by atoms with E-state index in [1.807, 2.05) is 50.2 Å². The van der Waals surface area contributed by atoms with Crippen molar-refractivity contribution < 1.29 is 4.79 Å². The second-order valence-electron chi connectivity index (χ2n) is 4.95. The number of rotatable bonds is 3. The Morgan fingerprint density at radius 1 is 1.20 bits per heavy atom. The van der Waals surface area contributed by atoms with Gasteiger partial charge in [0.1, 0.15) is 0 Å². The Hall–Kier alpha value is -2.36. The lowest BCUT2D eigenvalue weighted by Gasteiger charge is -2.19. The maximum atomic E-state index is 12.4. The van der Waals surface area contributed by atoms with Gasteiger partial charge in [-0.15, -0.1) is 0 Å². The van der Waals surface area contributed by atoms with Crippen molar-refractivity contribution in [3.05, 3.63) is 58.9 Å². The fourth-order valence-electron chi connectivity index (χ4n) is 2.12. The summed E-state index contributed by atoms with van der Waals surface area (Å²) >= 11 is 0. The average molecular weight is 269 g/mol. The van der Waals surface area contributed by atoms with Crippen molar-refractivity contribution in [2.45, 2.75) is 20.4 Å². The third-order valence-corrected chi connectivity index (χ3v) is 3.26. The number of carbonyl (C=O) groups is 1. The number of amides is 1. The molecule has 1 amide bonds. The van der Waals surface area contributed by atoms with Gasteiger partial charge in [0.15, 0.2) is 0 Å². The number of nitrogens with two attached hydrogens (primary N) is 1. The summed E-state index contributed by atoms with van der Waals surface area (Å²) in [5, 5.41) is 0. The molecular weight excluding hydrogens is 250 g/mol. The number of nitrogen functional groups attached to an aromatic ring is 1. The van der Waals surface area contributed by atoms with Crippen LogP contribution in [0.25, 0.3) is 0 Å². The minimum Gasteiger partial charge on any atom is -0.398 e. The van der Waals surface area contributed by atoms with Crippen LogP contribution in [0, 0.1) is 13.8 Å². The molecule has 4 heteroatoms. The van der Waals surface area contributed by atoms with Crippen LogP contribution < -0.4 is 5.73 Å². The van der Waals surface area contributed by atoms with Crippen LogP contribution in [0.2, 0.25) is 0 Å². The summed E-state index contributed by atoms with van der Waals surface area (Å²) in [4.78, 5) is 18.4. The summed E-state index contributed by atoms with van der Waals surface area (Å²) in [5.41, 5.74) is 9.85. The first-order valence-corrected chi connectivity index (χ1v) is 6.52. The van der Waals surface area contributed by atoms with E-state index in [1.54, 1.807) is 11.9 Å². The molecule has 1 aromatic carbocycles. The van der Waals surface area contributed by atoms with Crippen LogP contribution in [0.15, 0.2) is 36.4 Å². The zero-order valence-corrected chi connectivity index (χ0v) is 12.1. The van der Waals surface area contributed by atoms with Crippen molar-refractivity contribution in [1.29, 1.82) is 0 Å². The first-order valence-electron chi connectivity index (χ1n) is 6.52. The predicted molar refractivity (Wildman–Crippen MR) is 80.4 cm³/mol. The van der Waals surface area contributed by atoms with Crippen LogP contribution >= 0.6 is 0 Å². The standard InChI is InChI=1S/C16H19N3O/c1-11-8-9-14(12(2)18-11)16(20)19(3)10-13-6-4-5-7-15(13)17/h4-9H,10,17H2,1-3H3. The van der Waals surface area contributed by atoms with Crippen LogP contribution in [0.1, 0.15) is 27.3 Å². The molecule has 0 aliphatic rings. The quantitative estimate of drug-likeness (QED) is 0.871. The Morgan fingerprint density at radius 2 is 1.90 bits per heavy atom. The average Bonchev–Trinajstić information content (AvgIpc) is 2.40. The zero-order chi connectivity index (χ0) is 14.7. The Balaban J connectivity index is 2.19. The molecule has 2 rings (SSSR count). The van der Waals surface area contributed by atoms with Crippen LogP contribution in [-0.4, -0.2) is 22.8 Å². The number of hydrogen-bond acceptors (Lipinski definition) is 3. The third kappa shape index (κ3) is 2.96. The molecule has 20 heavy (non-hydrogen) atoms. The topological polar surface area (TPSA) is 59.2 Å². The monoisotopic (exact) mass is 269 g/mol. The lowest BCUT2D eigenvalue weighted by atomic mass is 10.1. The molecule has 104 valence electrons. The van der Waals surface area contributed by atoms with Gasteiger partial charge in [-0.1, -0.05) is 18.2 Å². The lowest BCUT2D eigenvalue weighted by molar-refractivity contribution is 0.0784. The van der Waals surface area contributed by atoms with Gasteiger partial charge in [-0.05, 0) is 37.6 Å². The highest BCUT2D eigenvalue weighted by atomic mass is 16.2. The Kier molecular flexibility index (Phi) is 4.03. The zero-order valence-electron chi connectivity index (χ0n) is 12.1. The van der Waals surface area contributed by atoms with Crippen molar-refractivity contribution in [2.75, 3.05) is 12.8 Å². The molecule has 0 bridgehead atoms. The minimum atomic E-state index is -0.0433. The van der Waals surface area contributed by atoms with E-state index in [1.165, 1.54) is 0 Å². The number of aromatic nitrogens is 1. The van der Waals surface area contributed by atoms with E-state index in [9.17, 15) is 4.79 Å². The van der Waals surface area contributed by atoms with E-state index < -0.39 is 0 Å². The first kappa shape index (κ1) is 14.1. The number of pyridine rings is 1. The molecule has 0 saturated heterocycles. The van der Waals surface area contributed by atoms with Crippen molar-refractivity contribution in [1.82, 2.24) is 9.88 Å². The number of benzene rings is 1. The fourth-order valence-corrected chi connectivity index (χ4v) is 2.12. The SMILES string of the molecule is Cc1ccc(C(=O)N(C)Cc2ccccc2N)c(C)n1. The molecule has 0 unspecified atom stereocenters. The molecule has 2 aromatic rings. The fraction of sp³-hybridized carbons (Fsp3) is 0.250. The molecule has 1 heterocycles. The molecule has 0 radical (unpaired) electrons. The highest BCUT2D eigenvalue weighted by molar-refractivity contribution is 5.95. The number of anilines is 1. The van der Waals surface area contributed by atoms with Crippen LogP contribution in [0.3, 0.4) is 0 Å². The van der Waals surface area contributed by atoms with Crippen molar-refractivity contribution in [3.8, 4) is 0 Å². The van der Waals surface area contributed by atoms with Crippen LogP contribution in [0.5, 0.6) is 0 Å². The van der Waals surface area contributed by atoms with Gasteiger partial charge < -0.3 is 10.6 Å². The number of aryl methyl sites for hydroxylation is 2. The lowest BCUT2D eigenvalue weighted by Crippen LogP contribution is -2.27. The Morgan fingerprint density at radius 3 is 2.55 bits per heavy atom. The van der Waals surface area contributed by atoms with E-state index >= 15 is 0 Å². The Labute approximate surface area is 119 Å². The highest BCUT2D eigenvalue weighted by Gasteiger charge is 2.15. The number of hydrogen-bond donors (Lipinski definition) is 1. The van der Waals surface area contributed by atoms with Gasteiger partial charge in [0.2, 0.25) is 0 Å². The van der Waals surface area contributed by atoms with Crippen LogP contribution in [-0.2, 0) is 6.54 Å². The van der Waals surface area contributed by atoms with Gasteiger partial charge in [0.05, 0.1) is 11.3 Å². The molecule has 2 N–H and O–H groups in total. The van der Waals surface area contributed by atoms with E-state index in [0.29, 0.717) is 17.8 Å². The largest absolute Gasteiger partial charge is 0.398 e. The van der Waals surface area contributed by atoms with Gasteiger partial charge >= 0.3 is 0 Å². The van der Waals surface area contributed by atoms with E-state index in [0.717, 1.165) is 17.0 Å². The summed E-state index contributed by atoms with van der Waals surface area (Å²) in [5.74, 6) is -0.0433. The molecule has 1 aromatic heterocycles. The summed E-state index contributed by atoms with van der Waals surface area (Å²) in [7, 11) is 1.77. The normalized spacial score (nSPS) is 10.3. The molecule has 0 aliphatic carbocycles. The van der Waals surface area contributed by atoms with Gasteiger partial charge in [-0.2, -0.15) is 0 Å². The smallest absolute Gasteiger partial charge is 0.255 e. The summed E-state index contributed by atoms with van der Waals surface area (Å²) in [6.07, 6.45) is 0. The molecule has 0 fully saturated rings. The van der Waals surface area contributed by atoms with Gasteiger partial charge in [-0.25, -0.2) is 0 Å². The second kappa shape index (κ2) is 5.74. The van der Waals surface area contributed by atoms with Gasteiger partial charge in [-0.3, -0.25) is 9.78 Å².